The zero-order valence-electron chi connectivity index (χ0n) is 8.80. The summed E-state index contributed by atoms with van der Waals surface area (Å²) in [6, 6.07) is 1.67. The molecule has 2 heterocycles. The maximum absolute atomic E-state index is 9.60. The van der Waals surface area contributed by atoms with Crippen molar-refractivity contribution in [2.24, 2.45) is 5.92 Å². The molecule has 0 amide bonds. The van der Waals surface area contributed by atoms with Gasteiger partial charge in [0, 0.05) is 19.3 Å². The van der Waals surface area contributed by atoms with Crippen molar-refractivity contribution >= 4 is 11.8 Å². The van der Waals surface area contributed by atoms with Crippen molar-refractivity contribution in [3.05, 3.63) is 12.3 Å². The van der Waals surface area contributed by atoms with Crippen LogP contribution in [0.5, 0.6) is 0 Å². The fraction of sp³-hybridized carbons (Fsp3) is 0.600. The van der Waals surface area contributed by atoms with E-state index in [0.717, 1.165) is 19.5 Å². The van der Waals surface area contributed by atoms with Gasteiger partial charge >= 0.3 is 0 Å². The van der Waals surface area contributed by atoms with Crippen LogP contribution in [0.2, 0.25) is 0 Å². The van der Waals surface area contributed by atoms with Crippen LogP contribution in [0, 0.1) is 5.92 Å². The van der Waals surface area contributed by atoms with Crippen molar-refractivity contribution in [1.82, 2.24) is 9.97 Å². The van der Waals surface area contributed by atoms with E-state index in [1.807, 2.05) is 6.92 Å². The molecule has 5 heteroatoms. The van der Waals surface area contributed by atoms with Crippen molar-refractivity contribution < 1.29 is 5.11 Å². The standard InChI is InChI=1S/C10H16N4O/c1-7-6-14(5-3-8(7)15)10-12-4-2-9(11)13-10/h2,4,7-8,15H,3,5-6H2,1H3,(H2,11,12,13)/t7-,8+/m1/s1. The summed E-state index contributed by atoms with van der Waals surface area (Å²) in [5.41, 5.74) is 5.60. The molecule has 1 aliphatic heterocycles. The molecule has 0 bridgehead atoms. The van der Waals surface area contributed by atoms with E-state index in [1.54, 1.807) is 12.3 Å². The summed E-state index contributed by atoms with van der Waals surface area (Å²) >= 11 is 0. The van der Waals surface area contributed by atoms with Gasteiger partial charge in [-0.3, -0.25) is 0 Å². The van der Waals surface area contributed by atoms with Crippen molar-refractivity contribution in [2.45, 2.75) is 19.4 Å². The number of nitrogens with zero attached hydrogens (tertiary/aromatic N) is 3. The lowest BCUT2D eigenvalue weighted by molar-refractivity contribution is 0.0966. The van der Waals surface area contributed by atoms with Gasteiger partial charge in [0.25, 0.3) is 0 Å². The van der Waals surface area contributed by atoms with Crippen molar-refractivity contribution in [3.8, 4) is 0 Å². The minimum absolute atomic E-state index is 0.206. The molecule has 1 saturated heterocycles. The molecular formula is C10H16N4O. The molecule has 3 N–H and O–H groups in total. The summed E-state index contributed by atoms with van der Waals surface area (Å²) in [6.45, 7) is 3.60. The molecule has 1 aliphatic rings. The first-order valence-corrected chi connectivity index (χ1v) is 5.18. The summed E-state index contributed by atoms with van der Waals surface area (Å²) in [6.07, 6.45) is 2.22. The van der Waals surface area contributed by atoms with Crippen LogP contribution in [0.1, 0.15) is 13.3 Å². The molecular weight excluding hydrogens is 192 g/mol. The van der Waals surface area contributed by atoms with Crippen LogP contribution >= 0.6 is 0 Å². The molecule has 5 nitrogen and oxygen atoms in total. The molecule has 1 aromatic rings. The number of hydrogen-bond acceptors (Lipinski definition) is 5. The SMILES string of the molecule is C[C@@H]1CN(c2nccc(N)n2)CC[C@@H]1O. The molecule has 0 aliphatic carbocycles. The first-order valence-electron chi connectivity index (χ1n) is 5.18. The largest absolute Gasteiger partial charge is 0.393 e. The molecule has 15 heavy (non-hydrogen) atoms. The van der Waals surface area contributed by atoms with Gasteiger partial charge in [0.1, 0.15) is 5.82 Å². The molecule has 0 aromatic carbocycles. The minimum Gasteiger partial charge on any atom is -0.393 e. The van der Waals surface area contributed by atoms with E-state index in [9.17, 15) is 5.11 Å². The lowest BCUT2D eigenvalue weighted by Crippen LogP contribution is -2.42. The Labute approximate surface area is 88.9 Å². The van der Waals surface area contributed by atoms with Crippen LogP contribution in [-0.4, -0.2) is 34.3 Å². The van der Waals surface area contributed by atoms with Gasteiger partial charge in [-0.25, -0.2) is 4.98 Å². The summed E-state index contributed by atoms with van der Waals surface area (Å²) in [5, 5.41) is 9.60. The highest BCUT2D eigenvalue weighted by Crippen LogP contribution is 2.20. The Morgan fingerprint density at radius 2 is 2.40 bits per heavy atom. The Kier molecular flexibility index (Phi) is 2.73. The average Bonchev–Trinajstić information content (AvgIpc) is 2.22. The lowest BCUT2D eigenvalue weighted by Gasteiger charge is -2.34. The van der Waals surface area contributed by atoms with Gasteiger partial charge in [-0.1, -0.05) is 6.92 Å². The molecule has 0 unspecified atom stereocenters. The van der Waals surface area contributed by atoms with E-state index in [-0.39, 0.29) is 12.0 Å². The van der Waals surface area contributed by atoms with Gasteiger partial charge < -0.3 is 15.7 Å². The summed E-state index contributed by atoms with van der Waals surface area (Å²) in [4.78, 5) is 10.4. The average molecular weight is 208 g/mol. The zero-order chi connectivity index (χ0) is 10.8. The van der Waals surface area contributed by atoms with E-state index >= 15 is 0 Å². The number of aliphatic hydroxyl groups excluding tert-OH is 1. The predicted octanol–water partition coefficient (Wildman–Crippen LogP) is 0.266. The molecule has 82 valence electrons. The maximum Gasteiger partial charge on any atom is 0.227 e. The molecule has 0 spiro atoms. The van der Waals surface area contributed by atoms with Crippen molar-refractivity contribution in [1.29, 1.82) is 0 Å². The van der Waals surface area contributed by atoms with Gasteiger partial charge in [0.15, 0.2) is 0 Å². The third-order valence-corrected chi connectivity index (χ3v) is 2.81. The Morgan fingerprint density at radius 1 is 1.60 bits per heavy atom. The summed E-state index contributed by atoms with van der Waals surface area (Å²) in [5.74, 6) is 1.40. The first-order chi connectivity index (χ1) is 7.16. The summed E-state index contributed by atoms with van der Waals surface area (Å²) < 4.78 is 0. The monoisotopic (exact) mass is 208 g/mol. The van der Waals surface area contributed by atoms with Crippen LogP contribution < -0.4 is 10.6 Å². The molecule has 1 aromatic heterocycles. The maximum atomic E-state index is 9.60. The van der Waals surface area contributed by atoms with Gasteiger partial charge in [-0.2, -0.15) is 4.98 Å². The summed E-state index contributed by atoms with van der Waals surface area (Å²) in [7, 11) is 0. The smallest absolute Gasteiger partial charge is 0.227 e. The number of nitrogen functional groups attached to an aromatic ring is 1. The van der Waals surface area contributed by atoms with Gasteiger partial charge in [-0.05, 0) is 18.4 Å². The number of rotatable bonds is 1. The van der Waals surface area contributed by atoms with E-state index in [2.05, 4.69) is 14.9 Å². The van der Waals surface area contributed by atoms with Gasteiger partial charge in [-0.15, -0.1) is 0 Å². The number of nitrogens with two attached hydrogens (primary N) is 1. The highest BCUT2D eigenvalue weighted by Gasteiger charge is 2.25. The zero-order valence-corrected chi connectivity index (χ0v) is 8.80. The molecule has 2 atom stereocenters. The fourth-order valence-corrected chi connectivity index (χ4v) is 1.83. The Balaban J connectivity index is 2.12. The molecule has 2 rings (SSSR count). The van der Waals surface area contributed by atoms with Crippen LogP contribution in [0.4, 0.5) is 11.8 Å². The number of piperidine rings is 1. The van der Waals surface area contributed by atoms with E-state index in [4.69, 9.17) is 5.73 Å². The highest BCUT2D eigenvalue weighted by molar-refractivity contribution is 5.38. The van der Waals surface area contributed by atoms with Crippen molar-refractivity contribution in [3.63, 3.8) is 0 Å². The third kappa shape index (κ3) is 2.18. The fourth-order valence-electron chi connectivity index (χ4n) is 1.83. The van der Waals surface area contributed by atoms with Gasteiger partial charge in [0.2, 0.25) is 5.95 Å². The molecule has 1 fully saturated rings. The first kappa shape index (κ1) is 10.2. The second kappa shape index (κ2) is 4.02. The number of hydrogen-bond donors (Lipinski definition) is 2. The van der Waals surface area contributed by atoms with Crippen molar-refractivity contribution in [2.75, 3.05) is 23.7 Å². The highest BCUT2D eigenvalue weighted by atomic mass is 16.3. The van der Waals surface area contributed by atoms with E-state index in [0.29, 0.717) is 11.8 Å². The van der Waals surface area contributed by atoms with Crippen LogP contribution in [-0.2, 0) is 0 Å². The minimum atomic E-state index is -0.206. The molecule has 0 saturated carbocycles. The number of aromatic nitrogens is 2. The normalized spacial score (nSPS) is 26.7. The van der Waals surface area contributed by atoms with E-state index in [1.165, 1.54) is 0 Å². The second-order valence-corrected chi connectivity index (χ2v) is 4.06. The predicted molar refractivity (Wildman–Crippen MR) is 58.4 cm³/mol. The quantitative estimate of drug-likeness (QED) is 0.692. The Hall–Kier alpha value is -1.36. The van der Waals surface area contributed by atoms with Crippen LogP contribution in [0.15, 0.2) is 12.3 Å². The van der Waals surface area contributed by atoms with Gasteiger partial charge in [0.05, 0.1) is 6.10 Å². The van der Waals surface area contributed by atoms with E-state index < -0.39 is 0 Å². The number of anilines is 2. The topological polar surface area (TPSA) is 75.3 Å². The number of aliphatic hydroxyl groups is 1. The second-order valence-electron chi connectivity index (χ2n) is 4.06. The Bertz CT molecular complexity index is 344. The van der Waals surface area contributed by atoms with Crippen LogP contribution in [0.3, 0.4) is 0 Å². The Morgan fingerprint density at radius 3 is 3.07 bits per heavy atom. The van der Waals surface area contributed by atoms with Crippen LogP contribution in [0.25, 0.3) is 0 Å². The third-order valence-electron chi connectivity index (χ3n) is 2.81. The lowest BCUT2D eigenvalue weighted by atomic mass is 9.97. The molecule has 0 radical (unpaired) electrons.